The maximum absolute atomic E-state index is 10.9. The summed E-state index contributed by atoms with van der Waals surface area (Å²) in [4.78, 5) is 10.9. The van der Waals surface area contributed by atoms with Crippen molar-refractivity contribution in [3.8, 4) is 0 Å². The number of fused-ring (bicyclic) bond motifs is 1. The van der Waals surface area contributed by atoms with Crippen LogP contribution in [0.1, 0.15) is 15.9 Å². The maximum atomic E-state index is 10.9. The first-order valence-corrected chi connectivity index (χ1v) is 5.21. The number of benzene rings is 1. The van der Waals surface area contributed by atoms with Gasteiger partial charge in [-0.1, -0.05) is 23.7 Å². The van der Waals surface area contributed by atoms with E-state index in [1.54, 1.807) is 6.07 Å². The zero-order valence-corrected chi connectivity index (χ0v) is 8.95. The largest absolute Gasteiger partial charge is 0.478 e. The Morgan fingerprint density at radius 3 is 2.86 bits per heavy atom. The minimum atomic E-state index is -0.967. The Morgan fingerprint density at radius 1 is 1.50 bits per heavy atom. The predicted molar refractivity (Wildman–Crippen MR) is 58.5 cm³/mol. The van der Waals surface area contributed by atoms with E-state index in [0.29, 0.717) is 4.34 Å². The monoisotopic (exact) mass is 226 g/mol. The number of halogens is 1. The third-order valence-corrected chi connectivity index (χ3v) is 3.38. The third kappa shape index (κ3) is 1.38. The highest BCUT2D eigenvalue weighted by atomic mass is 35.5. The lowest BCUT2D eigenvalue weighted by molar-refractivity contribution is 0.0699. The first-order valence-electron chi connectivity index (χ1n) is 4.01. The molecule has 0 atom stereocenters. The smallest absolute Gasteiger partial charge is 0.338 e. The summed E-state index contributed by atoms with van der Waals surface area (Å²) in [6.07, 6.45) is 0. The van der Waals surface area contributed by atoms with Crippen molar-refractivity contribution in [2.75, 3.05) is 0 Å². The zero-order valence-electron chi connectivity index (χ0n) is 7.37. The lowest BCUT2D eigenvalue weighted by Crippen LogP contribution is -1.94. The Labute approximate surface area is 89.7 Å². The number of hydrogen-bond donors (Lipinski definition) is 1. The fourth-order valence-corrected chi connectivity index (χ4v) is 2.82. The van der Waals surface area contributed by atoms with Crippen LogP contribution in [0.5, 0.6) is 0 Å². The molecule has 0 amide bonds. The van der Waals surface area contributed by atoms with Crippen LogP contribution in [0.25, 0.3) is 10.1 Å². The molecule has 0 saturated heterocycles. The number of carboxylic acids is 1. The summed E-state index contributed by atoms with van der Waals surface area (Å²) in [5.41, 5.74) is 1.32. The van der Waals surface area contributed by atoms with Gasteiger partial charge in [0.2, 0.25) is 0 Å². The molecule has 1 aromatic carbocycles. The maximum Gasteiger partial charge on any atom is 0.338 e. The second-order valence-electron chi connectivity index (χ2n) is 3.06. The van der Waals surface area contributed by atoms with Gasteiger partial charge < -0.3 is 5.11 Å². The highest BCUT2D eigenvalue weighted by Gasteiger charge is 2.16. The van der Waals surface area contributed by atoms with Gasteiger partial charge in [0.15, 0.2) is 0 Å². The van der Waals surface area contributed by atoms with E-state index >= 15 is 0 Å². The van der Waals surface area contributed by atoms with Crippen molar-refractivity contribution in [3.05, 3.63) is 33.7 Å². The molecule has 0 fully saturated rings. The Bertz CT molecular complexity index is 516. The van der Waals surface area contributed by atoms with Crippen LogP contribution in [0.2, 0.25) is 4.34 Å². The van der Waals surface area contributed by atoms with Gasteiger partial charge in [0.25, 0.3) is 0 Å². The quantitative estimate of drug-likeness (QED) is 0.807. The Balaban J connectivity index is 2.84. The second-order valence-corrected chi connectivity index (χ2v) is 4.71. The fourth-order valence-electron chi connectivity index (χ4n) is 1.37. The number of hydrogen-bond acceptors (Lipinski definition) is 2. The molecule has 2 aromatic rings. The SMILES string of the molecule is Cc1ccc2c(C(=O)O)c(Cl)sc2c1. The number of carboxylic acid groups (broad SMARTS) is 1. The summed E-state index contributed by atoms with van der Waals surface area (Å²) in [5.74, 6) is -0.967. The van der Waals surface area contributed by atoms with E-state index in [0.717, 1.165) is 15.6 Å². The molecule has 0 aliphatic carbocycles. The van der Waals surface area contributed by atoms with Gasteiger partial charge in [-0.15, -0.1) is 11.3 Å². The standard InChI is InChI=1S/C10H7ClO2S/c1-5-2-3-6-7(4-5)14-9(11)8(6)10(12)13/h2-4H,1H3,(H,12,13). The lowest BCUT2D eigenvalue weighted by Gasteiger charge is -1.94. The van der Waals surface area contributed by atoms with Gasteiger partial charge in [-0.2, -0.15) is 0 Å². The molecule has 0 unspecified atom stereocenters. The lowest BCUT2D eigenvalue weighted by atomic mass is 10.1. The van der Waals surface area contributed by atoms with E-state index in [1.807, 2.05) is 19.1 Å². The summed E-state index contributed by atoms with van der Waals surface area (Å²) in [6.45, 7) is 1.97. The highest BCUT2D eigenvalue weighted by molar-refractivity contribution is 7.23. The molecule has 1 heterocycles. The topological polar surface area (TPSA) is 37.3 Å². The third-order valence-electron chi connectivity index (χ3n) is 2.02. The van der Waals surface area contributed by atoms with Gasteiger partial charge in [-0.3, -0.25) is 0 Å². The van der Waals surface area contributed by atoms with Crippen LogP contribution in [-0.2, 0) is 0 Å². The molecule has 2 rings (SSSR count). The van der Waals surface area contributed by atoms with E-state index in [1.165, 1.54) is 11.3 Å². The zero-order chi connectivity index (χ0) is 10.3. The molecule has 0 saturated carbocycles. The van der Waals surface area contributed by atoms with Crippen molar-refractivity contribution in [2.24, 2.45) is 0 Å². The average Bonchev–Trinajstić information content (AvgIpc) is 2.39. The van der Waals surface area contributed by atoms with Crippen molar-refractivity contribution < 1.29 is 9.90 Å². The molecule has 0 spiro atoms. The molecule has 0 aliphatic heterocycles. The van der Waals surface area contributed by atoms with Gasteiger partial charge in [-0.25, -0.2) is 4.79 Å². The van der Waals surface area contributed by atoms with Crippen LogP contribution < -0.4 is 0 Å². The van der Waals surface area contributed by atoms with Crippen molar-refractivity contribution in [3.63, 3.8) is 0 Å². The van der Waals surface area contributed by atoms with E-state index < -0.39 is 5.97 Å². The molecule has 2 nitrogen and oxygen atoms in total. The van der Waals surface area contributed by atoms with Crippen LogP contribution >= 0.6 is 22.9 Å². The number of thiophene rings is 1. The summed E-state index contributed by atoms with van der Waals surface area (Å²) in [7, 11) is 0. The number of carbonyl (C=O) groups is 1. The Kier molecular flexibility index (Phi) is 2.21. The molecule has 14 heavy (non-hydrogen) atoms. The molecular weight excluding hydrogens is 220 g/mol. The van der Waals surface area contributed by atoms with Gasteiger partial charge in [-0.05, 0) is 18.6 Å². The minimum Gasteiger partial charge on any atom is -0.478 e. The first-order chi connectivity index (χ1) is 6.59. The van der Waals surface area contributed by atoms with Crippen LogP contribution in [0, 0.1) is 6.92 Å². The van der Waals surface area contributed by atoms with E-state index in [4.69, 9.17) is 16.7 Å². The van der Waals surface area contributed by atoms with Gasteiger partial charge in [0, 0.05) is 10.1 Å². The number of rotatable bonds is 1. The van der Waals surface area contributed by atoms with Crippen molar-refractivity contribution in [1.82, 2.24) is 0 Å². The Hall–Kier alpha value is -1.06. The normalized spacial score (nSPS) is 10.7. The first kappa shape index (κ1) is 9.49. The average molecular weight is 227 g/mol. The summed E-state index contributed by atoms with van der Waals surface area (Å²) in [5, 5.41) is 9.66. The minimum absolute atomic E-state index is 0.215. The number of aryl methyl sites for hydroxylation is 1. The van der Waals surface area contributed by atoms with Gasteiger partial charge >= 0.3 is 5.97 Å². The van der Waals surface area contributed by atoms with Crippen molar-refractivity contribution in [2.45, 2.75) is 6.92 Å². The molecule has 1 aromatic heterocycles. The van der Waals surface area contributed by atoms with Crippen LogP contribution in [0.3, 0.4) is 0 Å². The van der Waals surface area contributed by atoms with Crippen LogP contribution in [0.4, 0.5) is 0 Å². The van der Waals surface area contributed by atoms with E-state index in [9.17, 15) is 4.79 Å². The van der Waals surface area contributed by atoms with E-state index in [2.05, 4.69) is 0 Å². The fraction of sp³-hybridized carbons (Fsp3) is 0.100. The van der Waals surface area contributed by atoms with Gasteiger partial charge in [0.1, 0.15) is 4.34 Å². The van der Waals surface area contributed by atoms with Crippen molar-refractivity contribution >= 4 is 39.0 Å². The van der Waals surface area contributed by atoms with E-state index in [-0.39, 0.29) is 5.56 Å². The molecule has 0 bridgehead atoms. The molecule has 4 heteroatoms. The number of aromatic carboxylic acids is 1. The van der Waals surface area contributed by atoms with Gasteiger partial charge in [0.05, 0.1) is 5.56 Å². The molecule has 72 valence electrons. The van der Waals surface area contributed by atoms with Crippen LogP contribution in [-0.4, -0.2) is 11.1 Å². The Morgan fingerprint density at radius 2 is 2.21 bits per heavy atom. The van der Waals surface area contributed by atoms with Crippen LogP contribution in [0.15, 0.2) is 18.2 Å². The predicted octanol–water partition coefficient (Wildman–Crippen LogP) is 3.56. The van der Waals surface area contributed by atoms with Crippen molar-refractivity contribution in [1.29, 1.82) is 0 Å². The summed E-state index contributed by atoms with van der Waals surface area (Å²) in [6, 6.07) is 5.63. The second kappa shape index (κ2) is 3.26. The summed E-state index contributed by atoms with van der Waals surface area (Å²) < 4.78 is 1.27. The molecule has 0 radical (unpaired) electrons. The highest BCUT2D eigenvalue weighted by Crippen LogP contribution is 2.35. The molecule has 0 aliphatic rings. The summed E-state index contributed by atoms with van der Waals surface area (Å²) >= 11 is 7.16. The molecular formula is C10H7ClO2S. The molecule has 1 N–H and O–H groups in total.